The average molecular weight is 407 g/mol. The highest BCUT2D eigenvalue weighted by atomic mass is 32.2. The molecular weight excluding hydrogens is 380 g/mol. The van der Waals surface area contributed by atoms with Gasteiger partial charge in [-0.05, 0) is 29.7 Å². The maximum Gasteiger partial charge on any atom is 0.173 e. The number of aliphatic hydroxyl groups is 4. The summed E-state index contributed by atoms with van der Waals surface area (Å²) in [6, 6.07) is 13.0. The van der Waals surface area contributed by atoms with Crippen molar-refractivity contribution in [1.82, 2.24) is 0 Å². The molecule has 152 valence electrons. The molecule has 6 nitrogen and oxygen atoms in total. The normalized spacial score (nSPS) is 27.5. The molecular formula is C21H26O6S. The lowest BCUT2D eigenvalue weighted by molar-refractivity contribution is -0.0910. The molecule has 1 aliphatic rings. The summed E-state index contributed by atoms with van der Waals surface area (Å²) in [4.78, 5) is 0. The van der Waals surface area contributed by atoms with E-state index >= 15 is 0 Å². The van der Waals surface area contributed by atoms with Gasteiger partial charge < -0.3 is 30.3 Å². The summed E-state index contributed by atoms with van der Waals surface area (Å²) in [5, 5.41) is 49.4. The molecule has 7 heteroatoms. The third-order valence-corrected chi connectivity index (χ3v) is 6.43. The number of thioether (sulfide) groups is 1. The van der Waals surface area contributed by atoms with Gasteiger partial charge in [-0.25, -0.2) is 0 Å². The van der Waals surface area contributed by atoms with Gasteiger partial charge in [-0.3, -0.25) is 0 Å². The van der Waals surface area contributed by atoms with Crippen LogP contribution in [0.25, 0.3) is 0 Å². The molecule has 2 aromatic carbocycles. The molecule has 1 heterocycles. The van der Waals surface area contributed by atoms with Crippen LogP contribution in [-0.2, 0) is 12.8 Å². The largest absolute Gasteiger partial charge is 0.508 e. The van der Waals surface area contributed by atoms with Gasteiger partial charge in [0, 0.05) is 12.0 Å². The van der Waals surface area contributed by atoms with Crippen LogP contribution in [0.5, 0.6) is 11.5 Å². The molecule has 1 fully saturated rings. The minimum absolute atomic E-state index is 0.0756. The van der Waals surface area contributed by atoms with Gasteiger partial charge in [-0.15, -0.1) is 11.8 Å². The first kappa shape index (κ1) is 21.0. The predicted molar refractivity (Wildman–Crippen MR) is 108 cm³/mol. The number of rotatable bonds is 6. The zero-order valence-corrected chi connectivity index (χ0v) is 16.4. The lowest BCUT2D eigenvalue weighted by Gasteiger charge is -2.39. The summed E-state index contributed by atoms with van der Waals surface area (Å²) >= 11 is 1.06. The van der Waals surface area contributed by atoms with Crippen LogP contribution >= 0.6 is 11.8 Å². The van der Waals surface area contributed by atoms with Crippen molar-refractivity contribution in [3.63, 3.8) is 0 Å². The van der Waals surface area contributed by atoms with E-state index in [-0.39, 0.29) is 12.4 Å². The molecule has 5 atom stereocenters. The molecule has 0 saturated carbocycles. The highest BCUT2D eigenvalue weighted by Gasteiger charge is 2.44. The summed E-state index contributed by atoms with van der Waals surface area (Å²) in [5.74, 6) is 0.461. The topological polar surface area (TPSA) is 110 Å². The number of ether oxygens (including phenoxy) is 1. The summed E-state index contributed by atoms with van der Waals surface area (Å²) < 4.78 is 5.92. The molecule has 28 heavy (non-hydrogen) atoms. The second-order valence-electron chi connectivity index (χ2n) is 6.92. The van der Waals surface area contributed by atoms with Crippen molar-refractivity contribution in [2.45, 2.75) is 48.8 Å². The van der Waals surface area contributed by atoms with Crippen LogP contribution in [-0.4, -0.2) is 61.1 Å². The van der Waals surface area contributed by atoms with Gasteiger partial charge in [0.15, 0.2) is 5.44 Å². The zero-order chi connectivity index (χ0) is 20.3. The Hall–Kier alpha value is -1.77. The van der Waals surface area contributed by atoms with Crippen molar-refractivity contribution in [1.29, 1.82) is 0 Å². The molecule has 0 amide bonds. The van der Waals surface area contributed by atoms with Crippen molar-refractivity contribution in [3.8, 4) is 11.5 Å². The monoisotopic (exact) mass is 406 g/mol. The Morgan fingerprint density at radius 3 is 2.25 bits per heavy atom. The summed E-state index contributed by atoms with van der Waals surface area (Å²) in [5.41, 5.74) is 1.91. The quantitative estimate of drug-likeness (QED) is 0.494. The van der Waals surface area contributed by atoms with Crippen LogP contribution in [0.1, 0.15) is 23.6 Å². The van der Waals surface area contributed by atoms with Crippen molar-refractivity contribution in [2.75, 3.05) is 6.61 Å². The fourth-order valence-corrected chi connectivity index (χ4v) is 4.46. The van der Waals surface area contributed by atoms with E-state index in [4.69, 9.17) is 4.74 Å². The molecule has 2 aromatic rings. The number of benzene rings is 2. The van der Waals surface area contributed by atoms with Crippen LogP contribution in [0.3, 0.4) is 0 Å². The third kappa shape index (κ3) is 4.45. The average Bonchev–Trinajstić information content (AvgIpc) is 2.71. The first-order chi connectivity index (χ1) is 13.4. The smallest absolute Gasteiger partial charge is 0.173 e. The Kier molecular flexibility index (Phi) is 6.85. The molecule has 0 aliphatic carbocycles. The van der Waals surface area contributed by atoms with Crippen LogP contribution in [0, 0.1) is 0 Å². The fraction of sp³-hybridized carbons (Fsp3) is 0.429. The minimum Gasteiger partial charge on any atom is -0.508 e. The summed E-state index contributed by atoms with van der Waals surface area (Å²) in [6.45, 7) is 1.73. The molecule has 0 aromatic heterocycles. The highest BCUT2D eigenvalue weighted by Crippen LogP contribution is 2.37. The standard InChI is InChI=1S/C21H26O6S/c1-2-12-6-8-13(9-7-12)10-14-15(23)4-3-5-16(14)27-21-20(26)19(25)18(24)17(11-22)28-21/h3-9,17-26H,2,10-11H2,1H3. The minimum atomic E-state index is -1.43. The lowest BCUT2D eigenvalue weighted by atomic mass is 10.0. The van der Waals surface area contributed by atoms with Gasteiger partial charge in [0.1, 0.15) is 23.7 Å². The first-order valence-corrected chi connectivity index (χ1v) is 10.2. The van der Waals surface area contributed by atoms with Crippen molar-refractivity contribution >= 4 is 11.8 Å². The molecule has 0 spiro atoms. The number of phenolic OH excluding ortho intramolecular Hbond substituents is 1. The van der Waals surface area contributed by atoms with Crippen molar-refractivity contribution in [3.05, 3.63) is 59.2 Å². The number of aromatic hydroxyl groups is 1. The predicted octanol–water partition coefficient (Wildman–Crippen LogP) is 1.44. The van der Waals surface area contributed by atoms with Crippen molar-refractivity contribution in [2.24, 2.45) is 0 Å². The number of phenols is 1. The fourth-order valence-electron chi connectivity index (χ4n) is 3.23. The molecule has 5 unspecified atom stereocenters. The summed E-state index contributed by atoms with van der Waals surface area (Å²) in [6.07, 6.45) is -2.62. The number of aryl methyl sites for hydroxylation is 1. The van der Waals surface area contributed by atoms with Gasteiger partial charge in [0.2, 0.25) is 0 Å². The van der Waals surface area contributed by atoms with Gasteiger partial charge in [0.05, 0.1) is 18.0 Å². The van der Waals surface area contributed by atoms with Gasteiger partial charge in [-0.1, -0.05) is 37.3 Å². The first-order valence-electron chi connectivity index (χ1n) is 9.30. The van der Waals surface area contributed by atoms with E-state index in [1.807, 2.05) is 24.3 Å². The maximum atomic E-state index is 10.4. The molecule has 5 N–H and O–H groups in total. The Balaban J connectivity index is 1.83. The van der Waals surface area contributed by atoms with Crippen LogP contribution in [0.2, 0.25) is 0 Å². The van der Waals surface area contributed by atoms with E-state index in [0.717, 1.165) is 23.7 Å². The van der Waals surface area contributed by atoms with Gasteiger partial charge in [-0.2, -0.15) is 0 Å². The number of aliphatic hydroxyl groups excluding tert-OH is 4. The van der Waals surface area contributed by atoms with E-state index in [1.54, 1.807) is 18.2 Å². The Bertz CT molecular complexity index is 779. The number of hydrogen-bond acceptors (Lipinski definition) is 7. The molecule has 0 radical (unpaired) electrons. The van der Waals surface area contributed by atoms with Crippen LogP contribution in [0.4, 0.5) is 0 Å². The summed E-state index contributed by atoms with van der Waals surface area (Å²) in [7, 11) is 0. The number of hydrogen-bond donors (Lipinski definition) is 5. The van der Waals surface area contributed by atoms with E-state index in [0.29, 0.717) is 17.7 Å². The second kappa shape index (κ2) is 9.15. The highest BCUT2D eigenvalue weighted by molar-refractivity contribution is 8.00. The molecule has 3 rings (SSSR count). The molecule has 0 bridgehead atoms. The Morgan fingerprint density at radius 2 is 1.61 bits per heavy atom. The molecule has 1 saturated heterocycles. The molecule has 1 aliphatic heterocycles. The van der Waals surface area contributed by atoms with Gasteiger partial charge >= 0.3 is 0 Å². The van der Waals surface area contributed by atoms with E-state index < -0.39 is 29.0 Å². The van der Waals surface area contributed by atoms with Crippen molar-refractivity contribution < 1.29 is 30.3 Å². The third-order valence-electron chi connectivity index (χ3n) is 5.01. The van der Waals surface area contributed by atoms with E-state index in [1.165, 1.54) is 5.56 Å². The van der Waals surface area contributed by atoms with Crippen LogP contribution in [0.15, 0.2) is 42.5 Å². The maximum absolute atomic E-state index is 10.4. The van der Waals surface area contributed by atoms with Gasteiger partial charge in [0.25, 0.3) is 0 Å². The Labute approximate surface area is 168 Å². The van der Waals surface area contributed by atoms with E-state index in [9.17, 15) is 25.5 Å². The Morgan fingerprint density at radius 1 is 0.929 bits per heavy atom. The second-order valence-corrected chi connectivity index (χ2v) is 8.26. The lowest BCUT2D eigenvalue weighted by Crippen LogP contribution is -2.55. The zero-order valence-electron chi connectivity index (χ0n) is 15.6. The van der Waals surface area contributed by atoms with Crippen LogP contribution < -0.4 is 4.74 Å². The SMILES string of the molecule is CCc1ccc(Cc2c(O)cccc2OC2SC(CO)C(O)C(O)C2O)cc1. The van der Waals surface area contributed by atoms with E-state index in [2.05, 4.69) is 6.92 Å².